The van der Waals surface area contributed by atoms with Crippen molar-refractivity contribution in [2.75, 3.05) is 26.2 Å². The van der Waals surface area contributed by atoms with Gasteiger partial charge in [-0.05, 0) is 51.7 Å². The molecule has 10 atom stereocenters. The predicted molar refractivity (Wildman–Crippen MR) is 175 cm³/mol. The van der Waals surface area contributed by atoms with E-state index in [0.717, 1.165) is 0 Å². The molecule has 3 heterocycles. The average molecular weight is 665 g/mol. The van der Waals surface area contributed by atoms with Gasteiger partial charge in [0.2, 0.25) is 0 Å². The number of epoxide rings is 1. The van der Waals surface area contributed by atoms with Gasteiger partial charge in [-0.2, -0.15) is 0 Å². The van der Waals surface area contributed by atoms with Crippen LogP contribution in [0.5, 0.6) is 0 Å². The van der Waals surface area contributed by atoms with Gasteiger partial charge in [0.05, 0.1) is 36.4 Å². The van der Waals surface area contributed by atoms with Crippen LogP contribution in [-0.4, -0.2) is 112 Å². The summed E-state index contributed by atoms with van der Waals surface area (Å²) in [5.74, 6) is -1.57. The first-order chi connectivity index (χ1) is 22.0. The molecule has 0 radical (unpaired) electrons. The summed E-state index contributed by atoms with van der Waals surface area (Å²) < 4.78 is 23.3. The Morgan fingerprint density at radius 1 is 1.26 bits per heavy atom. The van der Waals surface area contributed by atoms with Crippen LogP contribution in [0.4, 0.5) is 4.79 Å². The summed E-state index contributed by atoms with van der Waals surface area (Å²) >= 11 is 0. The van der Waals surface area contributed by atoms with E-state index in [4.69, 9.17) is 18.9 Å². The van der Waals surface area contributed by atoms with Gasteiger partial charge in [0.15, 0.2) is 6.10 Å². The lowest BCUT2D eigenvalue weighted by Gasteiger charge is -2.37. The number of ether oxygens (including phenoxy) is 4. The van der Waals surface area contributed by atoms with Crippen molar-refractivity contribution in [1.29, 1.82) is 0 Å². The molecule has 0 spiro atoms. The number of carbonyl (C=O) groups excluding carboxylic acids is 3. The van der Waals surface area contributed by atoms with Gasteiger partial charge in [-0.3, -0.25) is 9.59 Å². The molecule has 12 nitrogen and oxygen atoms in total. The van der Waals surface area contributed by atoms with Crippen LogP contribution in [0.15, 0.2) is 36.0 Å². The van der Waals surface area contributed by atoms with Crippen LogP contribution >= 0.6 is 0 Å². The molecule has 0 unspecified atom stereocenters. The Labute approximate surface area is 279 Å². The van der Waals surface area contributed by atoms with Crippen molar-refractivity contribution < 1.29 is 48.7 Å². The van der Waals surface area contributed by atoms with Crippen LogP contribution in [-0.2, 0) is 28.5 Å². The fraction of sp³-hybridized carbons (Fsp3) is 0.743. The van der Waals surface area contributed by atoms with E-state index in [9.17, 15) is 29.7 Å². The fourth-order valence-corrected chi connectivity index (χ4v) is 6.26. The summed E-state index contributed by atoms with van der Waals surface area (Å²) in [6.45, 7) is 14.4. The molecule has 3 rings (SSSR count). The molecule has 0 aliphatic carbocycles. The molecule has 2 saturated heterocycles. The van der Waals surface area contributed by atoms with Crippen molar-refractivity contribution in [3.8, 4) is 0 Å². The maximum Gasteiger partial charge on any atom is 0.410 e. The number of piperazine rings is 1. The minimum Gasteiger partial charge on any atom is -0.457 e. The number of carbonyl (C=O) groups is 3. The number of aliphatic hydroxyl groups excluding tert-OH is 2. The summed E-state index contributed by atoms with van der Waals surface area (Å²) in [4.78, 5) is 39.9. The van der Waals surface area contributed by atoms with Crippen LogP contribution in [0.3, 0.4) is 0 Å². The number of hydrogen-bond donors (Lipinski definition) is 4. The van der Waals surface area contributed by atoms with E-state index >= 15 is 0 Å². The highest BCUT2D eigenvalue weighted by Gasteiger charge is 2.47. The molecule has 0 saturated carbocycles. The maximum atomic E-state index is 13.2. The molecular formula is C35H56N2O10. The van der Waals surface area contributed by atoms with Crippen LogP contribution in [0, 0.1) is 11.8 Å². The highest BCUT2D eigenvalue weighted by atomic mass is 16.6. The molecule has 3 aliphatic rings. The van der Waals surface area contributed by atoms with E-state index in [0.29, 0.717) is 44.6 Å². The zero-order valence-corrected chi connectivity index (χ0v) is 29.0. The standard InChI is InChI=1S/C35H56N2O10/c1-8-27(40)24(4)32-28(44-32)21-34(6,43)14-9-10-22(2)31-23(3)11-12-29(45-33(42)37-18-16-36-17-19-37)35(7,47-25(5)38)15-13-26(39)20-30(41)46-31/h9-12,14,23-24,26-29,31-32,36,39-40,43H,8,13,15-21H2,1-7H3/b12-11-,14-9+,22-10+/t23-,24+,26+,27-,28+,29-,31+,32-,34-,35+/m0/s1. The molecule has 3 aliphatic heterocycles. The first kappa shape index (κ1) is 38.7. The predicted octanol–water partition coefficient (Wildman–Crippen LogP) is 3.19. The average Bonchev–Trinajstić information content (AvgIpc) is 3.77. The molecule has 0 bridgehead atoms. The molecule has 12 heteroatoms. The number of hydrogen-bond acceptors (Lipinski definition) is 11. The Morgan fingerprint density at radius 3 is 2.57 bits per heavy atom. The second-order valence-corrected chi connectivity index (χ2v) is 13.8. The van der Waals surface area contributed by atoms with Gasteiger partial charge in [-0.25, -0.2) is 4.79 Å². The molecule has 1 amide bonds. The van der Waals surface area contributed by atoms with Gasteiger partial charge >= 0.3 is 18.0 Å². The van der Waals surface area contributed by atoms with Gasteiger partial charge in [0, 0.05) is 51.4 Å². The van der Waals surface area contributed by atoms with Gasteiger partial charge in [-0.15, -0.1) is 0 Å². The largest absolute Gasteiger partial charge is 0.457 e. The minimum atomic E-state index is -1.30. The maximum absolute atomic E-state index is 13.2. The second-order valence-electron chi connectivity index (χ2n) is 13.8. The number of amides is 1. The number of aliphatic hydroxyl groups is 3. The summed E-state index contributed by atoms with van der Waals surface area (Å²) in [7, 11) is 0. The summed E-state index contributed by atoms with van der Waals surface area (Å²) in [6.07, 6.45) is 5.54. The lowest BCUT2D eigenvalue weighted by Crippen LogP contribution is -2.51. The highest BCUT2D eigenvalue weighted by molar-refractivity contribution is 5.71. The molecule has 4 N–H and O–H groups in total. The molecule has 2 fully saturated rings. The molecule has 47 heavy (non-hydrogen) atoms. The first-order valence-corrected chi connectivity index (χ1v) is 16.9. The number of allylic oxidation sites excluding steroid dienone is 2. The number of nitrogens with zero attached hydrogens (tertiary/aromatic N) is 1. The van der Waals surface area contributed by atoms with Crippen molar-refractivity contribution in [3.63, 3.8) is 0 Å². The van der Waals surface area contributed by atoms with Crippen LogP contribution < -0.4 is 5.32 Å². The fourth-order valence-electron chi connectivity index (χ4n) is 6.26. The SMILES string of the molecule is CC[C@H](O)[C@@H](C)[C@@H]1O[C@@H]1C[C@@](C)(O)/C=C/C=C(\C)[C@H]1OC(=O)C[C@H](O)CC[C@@](C)(OC(C)=O)[C@@H](OC(=O)N2CCNCC2)/C=C\[C@@H]1C. The topological polar surface area (TPSA) is 167 Å². The van der Waals surface area contributed by atoms with E-state index in [1.165, 1.54) is 6.92 Å². The van der Waals surface area contributed by atoms with Crippen molar-refractivity contribution in [2.45, 2.75) is 128 Å². The molecule has 266 valence electrons. The van der Waals surface area contributed by atoms with E-state index in [2.05, 4.69) is 5.32 Å². The smallest absolute Gasteiger partial charge is 0.410 e. The van der Waals surface area contributed by atoms with E-state index in [-0.39, 0.29) is 37.4 Å². The molecule has 0 aromatic rings. The summed E-state index contributed by atoms with van der Waals surface area (Å²) in [6, 6.07) is 0. The quantitative estimate of drug-likeness (QED) is 0.0891. The lowest BCUT2D eigenvalue weighted by atomic mass is 9.88. The Bertz CT molecular complexity index is 1160. The Morgan fingerprint density at radius 2 is 1.94 bits per heavy atom. The highest BCUT2D eigenvalue weighted by Crippen LogP contribution is 2.37. The number of cyclic esters (lactones) is 1. The molecular weight excluding hydrogens is 608 g/mol. The number of rotatable bonds is 10. The van der Waals surface area contributed by atoms with Crippen LogP contribution in [0.1, 0.15) is 80.6 Å². The third-order valence-electron chi connectivity index (χ3n) is 9.33. The van der Waals surface area contributed by atoms with Crippen LogP contribution in [0.25, 0.3) is 0 Å². The monoisotopic (exact) mass is 664 g/mol. The molecule has 0 aromatic heterocycles. The van der Waals surface area contributed by atoms with Gasteiger partial charge in [-0.1, -0.05) is 45.1 Å². The minimum absolute atomic E-state index is 0.0205. The zero-order chi connectivity index (χ0) is 34.9. The van der Waals surface area contributed by atoms with Gasteiger partial charge < -0.3 is 44.5 Å². The number of nitrogens with one attached hydrogen (secondary N) is 1. The Hall–Kier alpha value is -2.77. The van der Waals surface area contributed by atoms with Gasteiger partial charge in [0.1, 0.15) is 11.7 Å². The normalized spacial score (nSPS) is 34.2. The second kappa shape index (κ2) is 17.1. The third kappa shape index (κ3) is 11.7. The first-order valence-electron chi connectivity index (χ1n) is 16.9. The van der Waals surface area contributed by atoms with Gasteiger partial charge in [0.25, 0.3) is 0 Å². The van der Waals surface area contributed by atoms with Crippen molar-refractivity contribution >= 4 is 18.0 Å². The lowest BCUT2D eigenvalue weighted by molar-refractivity contribution is -0.168. The zero-order valence-electron chi connectivity index (χ0n) is 29.0. The number of esters is 2. The van der Waals surface area contributed by atoms with Crippen molar-refractivity contribution in [2.24, 2.45) is 11.8 Å². The Kier molecular flexibility index (Phi) is 14.0. The summed E-state index contributed by atoms with van der Waals surface area (Å²) in [5, 5.41) is 35.1. The van der Waals surface area contributed by atoms with Crippen molar-refractivity contribution in [3.05, 3.63) is 36.0 Å². The Balaban J connectivity index is 1.82. The van der Waals surface area contributed by atoms with Crippen LogP contribution in [0.2, 0.25) is 0 Å². The molecule has 0 aromatic carbocycles. The van der Waals surface area contributed by atoms with E-state index < -0.39 is 59.6 Å². The van der Waals surface area contributed by atoms with Crippen molar-refractivity contribution in [1.82, 2.24) is 10.2 Å². The van der Waals surface area contributed by atoms with E-state index in [1.54, 1.807) is 49.1 Å². The summed E-state index contributed by atoms with van der Waals surface area (Å²) in [5.41, 5.74) is -1.79. The third-order valence-corrected chi connectivity index (χ3v) is 9.33. The van der Waals surface area contributed by atoms with E-state index in [1.807, 2.05) is 27.7 Å².